The first-order valence-electron chi connectivity index (χ1n) is 12.4. The molecule has 2 aliphatic rings. The average molecular weight is 551 g/mol. The van der Waals surface area contributed by atoms with Gasteiger partial charge in [0.1, 0.15) is 12.2 Å². The Labute approximate surface area is 227 Å². The Bertz CT molecular complexity index is 1520. The summed E-state index contributed by atoms with van der Waals surface area (Å²) in [5.74, 6) is 0.154. The highest BCUT2D eigenvalue weighted by atomic mass is 19.4. The molecule has 0 aliphatic carbocycles. The van der Waals surface area contributed by atoms with Crippen LogP contribution in [0.2, 0.25) is 0 Å². The average Bonchev–Trinajstić information content (AvgIpc) is 3.32. The van der Waals surface area contributed by atoms with Gasteiger partial charge >= 0.3 is 6.18 Å². The van der Waals surface area contributed by atoms with Gasteiger partial charge in [0.2, 0.25) is 5.91 Å². The number of hydrogen-bond donors (Lipinski definition) is 2. The summed E-state index contributed by atoms with van der Waals surface area (Å²) < 4.78 is 49.2. The van der Waals surface area contributed by atoms with E-state index in [0.717, 1.165) is 34.8 Å². The third kappa shape index (κ3) is 6.12. The number of nitrogens with zero attached hydrogens (tertiary/aromatic N) is 4. The van der Waals surface area contributed by atoms with Crippen molar-refractivity contribution in [3.05, 3.63) is 89.7 Å². The number of benzene rings is 2. The van der Waals surface area contributed by atoms with Crippen LogP contribution in [0, 0.1) is 0 Å². The van der Waals surface area contributed by atoms with Crippen LogP contribution in [-0.4, -0.2) is 54.4 Å². The van der Waals surface area contributed by atoms with Gasteiger partial charge in [0.05, 0.1) is 42.1 Å². The molecule has 2 aromatic heterocycles. The second-order valence-corrected chi connectivity index (χ2v) is 8.88. The molecule has 0 saturated carbocycles. The smallest absolute Gasteiger partial charge is 0.417 e. The molecule has 1 saturated heterocycles. The topological polar surface area (TPSA) is 119 Å². The molecule has 4 aromatic rings. The maximum Gasteiger partial charge on any atom is 0.417 e. The van der Waals surface area contributed by atoms with Gasteiger partial charge < -0.3 is 25.1 Å². The zero-order chi connectivity index (χ0) is 28.1. The minimum atomic E-state index is -4.47. The summed E-state index contributed by atoms with van der Waals surface area (Å²) in [6, 6.07) is 18.7. The Balaban J connectivity index is 0.000000164. The van der Waals surface area contributed by atoms with Gasteiger partial charge in [-0.2, -0.15) is 13.2 Å². The fraction of sp³-hybridized carbons (Fsp3) is 0.214. The van der Waals surface area contributed by atoms with Gasteiger partial charge in [0, 0.05) is 30.4 Å². The Morgan fingerprint density at radius 3 is 2.38 bits per heavy atom. The highest BCUT2D eigenvalue weighted by Gasteiger charge is 2.33. The van der Waals surface area contributed by atoms with Crippen LogP contribution < -0.4 is 16.0 Å². The lowest BCUT2D eigenvalue weighted by Crippen LogP contribution is -2.36. The Hall–Kier alpha value is -4.71. The van der Waals surface area contributed by atoms with E-state index in [1.54, 1.807) is 4.90 Å². The SMILES string of the molecule is Nc1ncc(-c2ncc(C(F)(F)F)cc2N2CCOCC2)o1.O=C1CN=C(c2ccccc2)c2ccccc2N1. The molecule has 0 bridgehead atoms. The molecule has 9 nitrogen and oxygen atoms in total. The molecule has 4 heterocycles. The molecule has 40 heavy (non-hydrogen) atoms. The van der Waals surface area contributed by atoms with Gasteiger partial charge in [0.15, 0.2) is 5.76 Å². The molecule has 206 valence electrons. The monoisotopic (exact) mass is 550 g/mol. The summed E-state index contributed by atoms with van der Waals surface area (Å²) >= 11 is 0. The molecule has 6 rings (SSSR count). The number of halogens is 3. The van der Waals surface area contributed by atoms with Crippen molar-refractivity contribution < 1.29 is 27.1 Å². The lowest BCUT2D eigenvalue weighted by Gasteiger charge is -2.30. The number of nitrogens with one attached hydrogen (secondary N) is 1. The summed E-state index contributed by atoms with van der Waals surface area (Å²) in [4.78, 5) is 25.5. The number of nitrogens with two attached hydrogens (primary N) is 1. The summed E-state index contributed by atoms with van der Waals surface area (Å²) in [6.07, 6.45) is -2.35. The quantitative estimate of drug-likeness (QED) is 0.381. The van der Waals surface area contributed by atoms with Gasteiger partial charge in [0.25, 0.3) is 6.01 Å². The number of fused-ring (bicyclic) bond motifs is 1. The Morgan fingerprint density at radius 1 is 0.950 bits per heavy atom. The largest absolute Gasteiger partial charge is 0.422 e. The van der Waals surface area contributed by atoms with Crippen molar-refractivity contribution in [1.29, 1.82) is 0 Å². The number of ether oxygens (including phenoxy) is 1. The number of carbonyl (C=O) groups is 1. The van der Waals surface area contributed by atoms with Crippen molar-refractivity contribution in [1.82, 2.24) is 9.97 Å². The van der Waals surface area contributed by atoms with E-state index < -0.39 is 11.7 Å². The van der Waals surface area contributed by atoms with E-state index in [0.29, 0.717) is 32.0 Å². The molecule has 3 N–H and O–H groups in total. The van der Waals surface area contributed by atoms with E-state index >= 15 is 0 Å². The number of alkyl halides is 3. The van der Waals surface area contributed by atoms with E-state index in [1.165, 1.54) is 6.20 Å². The third-order valence-corrected chi connectivity index (χ3v) is 6.19. The number of amides is 1. The molecule has 0 radical (unpaired) electrons. The van der Waals surface area contributed by atoms with Crippen LogP contribution in [0.15, 0.2) is 82.5 Å². The summed E-state index contributed by atoms with van der Waals surface area (Å²) in [5, 5.41) is 2.87. The number of oxazole rings is 1. The number of carbonyl (C=O) groups excluding carboxylic acids is 1. The standard InChI is InChI=1S/C15H12N2O.C13H13F3N4O2/c18-14-10-16-15(11-6-2-1-3-7-11)12-8-4-5-9-13(12)17-14;14-13(15,16)8-5-9(20-1-3-21-4-2-20)11(18-6-8)10-7-19-12(17)22-10/h1-9H,10H2,(H,17,18);5-7H,1-4H2,(H2,17,19). The number of aliphatic imine (C=N–C) groups is 1. The molecule has 12 heteroatoms. The Kier molecular flexibility index (Phi) is 7.78. The summed E-state index contributed by atoms with van der Waals surface area (Å²) in [6.45, 7) is 1.99. The second kappa shape index (κ2) is 11.6. The van der Waals surface area contributed by atoms with Crippen LogP contribution in [0.5, 0.6) is 0 Å². The number of para-hydroxylation sites is 1. The van der Waals surface area contributed by atoms with E-state index in [4.69, 9.17) is 14.9 Å². The van der Waals surface area contributed by atoms with Crippen LogP contribution in [0.1, 0.15) is 16.7 Å². The van der Waals surface area contributed by atoms with Crippen LogP contribution in [0.25, 0.3) is 11.5 Å². The molecule has 0 unspecified atom stereocenters. The maximum atomic E-state index is 12.9. The molecule has 2 aliphatic heterocycles. The number of aromatic nitrogens is 2. The van der Waals surface area contributed by atoms with Gasteiger partial charge in [-0.3, -0.25) is 14.8 Å². The first-order valence-corrected chi connectivity index (χ1v) is 12.4. The van der Waals surface area contributed by atoms with E-state index in [-0.39, 0.29) is 29.9 Å². The van der Waals surface area contributed by atoms with Gasteiger partial charge in [-0.25, -0.2) is 4.98 Å². The normalized spacial score (nSPS) is 15.2. The molecule has 2 aromatic carbocycles. The van der Waals surface area contributed by atoms with E-state index in [9.17, 15) is 18.0 Å². The second-order valence-electron chi connectivity index (χ2n) is 8.88. The maximum absolute atomic E-state index is 12.9. The minimum absolute atomic E-state index is 0.0652. The predicted molar refractivity (Wildman–Crippen MR) is 144 cm³/mol. The van der Waals surface area contributed by atoms with E-state index in [1.807, 2.05) is 54.6 Å². The fourth-order valence-corrected chi connectivity index (χ4v) is 4.31. The first-order chi connectivity index (χ1) is 19.3. The van der Waals surface area contributed by atoms with Gasteiger partial charge in [-0.1, -0.05) is 48.5 Å². The van der Waals surface area contributed by atoms with Gasteiger partial charge in [-0.05, 0) is 12.1 Å². The zero-order valence-corrected chi connectivity index (χ0v) is 21.2. The highest BCUT2D eigenvalue weighted by molar-refractivity contribution is 6.19. The van der Waals surface area contributed by atoms with Crippen LogP contribution >= 0.6 is 0 Å². The number of rotatable bonds is 3. The fourth-order valence-electron chi connectivity index (χ4n) is 4.31. The molecule has 0 atom stereocenters. The molecule has 1 fully saturated rings. The van der Waals surface area contributed by atoms with Crippen molar-refractivity contribution in [3.63, 3.8) is 0 Å². The lowest BCUT2D eigenvalue weighted by atomic mass is 10.0. The number of anilines is 3. The number of hydrogen-bond acceptors (Lipinski definition) is 8. The first kappa shape index (κ1) is 26.9. The third-order valence-electron chi connectivity index (χ3n) is 6.19. The minimum Gasteiger partial charge on any atom is -0.422 e. The Morgan fingerprint density at radius 2 is 1.68 bits per heavy atom. The lowest BCUT2D eigenvalue weighted by molar-refractivity contribution is -0.137. The van der Waals surface area contributed by atoms with Crippen molar-refractivity contribution >= 4 is 29.0 Å². The molecular weight excluding hydrogens is 525 g/mol. The van der Waals surface area contributed by atoms with Crippen molar-refractivity contribution in [3.8, 4) is 11.5 Å². The molecular formula is C28H25F3N6O3. The number of pyridine rings is 1. The van der Waals surface area contributed by atoms with Crippen LogP contribution in [0.4, 0.5) is 30.6 Å². The summed E-state index contributed by atoms with van der Waals surface area (Å²) in [5.41, 5.74) is 8.90. The number of benzodiazepines with no additional fused rings is 1. The van der Waals surface area contributed by atoms with Crippen molar-refractivity contribution in [2.75, 3.05) is 48.8 Å². The number of morpholine rings is 1. The summed E-state index contributed by atoms with van der Waals surface area (Å²) in [7, 11) is 0. The van der Waals surface area contributed by atoms with Gasteiger partial charge in [-0.15, -0.1) is 0 Å². The number of nitrogen functional groups attached to an aromatic ring is 1. The van der Waals surface area contributed by atoms with Crippen LogP contribution in [-0.2, 0) is 15.7 Å². The van der Waals surface area contributed by atoms with E-state index in [2.05, 4.69) is 20.3 Å². The van der Waals surface area contributed by atoms with Crippen LogP contribution in [0.3, 0.4) is 0 Å². The van der Waals surface area contributed by atoms with Crippen molar-refractivity contribution in [2.45, 2.75) is 6.18 Å². The molecule has 0 spiro atoms. The van der Waals surface area contributed by atoms with Crippen molar-refractivity contribution in [2.24, 2.45) is 4.99 Å². The molecule has 1 amide bonds. The predicted octanol–water partition coefficient (Wildman–Crippen LogP) is 4.65. The highest BCUT2D eigenvalue weighted by Crippen LogP contribution is 2.36. The zero-order valence-electron chi connectivity index (χ0n) is 21.2.